The van der Waals surface area contributed by atoms with E-state index in [4.69, 9.17) is 26.8 Å². The van der Waals surface area contributed by atoms with Crippen LogP contribution in [0.5, 0.6) is 11.5 Å². The van der Waals surface area contributed by atoms with Crippen LogP contribution in [0.2, 0.25) is 5.02 Å². The van der Waals surface area contributed by atoms with Gasteiger partial charge in [0.25, 0.3) is 0 Å². The highest BCUT2D eigenvalue weighted by atomic mass is 35.5. The van der Waals surface area contributed by atoms with E-state index in [0.29, 0.717) is 29.0 Å². The van der Waals surface area contributed by atoms with Gasteiger partial charge in [0, 0.05) is 0 Å². The Morgan fingerprint density at radius 2 is 2.00 bits per heavy atom. The fraction of sp³-hybridized carbons (Fsp3) is 0.647. The fourth-order valence-electron chi connectivity index (χ4n) is 2.97. The molecule has 1 fully saturated rings. The molecule has 118 valence electrons. The van der Waals surface area contributed by atoms with Crippen molar-refractivity contribution in [3.05, 3.63) is 22.7 Å². The third-order valence-electron chi connectivity index (χ3n) is 4.56. The second-order valence-corrected chi connectivity index (χ2v) is 6.56. The van der Waals surface area contributed by atoms with Gasteiger partial charge in [-0.25, -0.2) is 0 Å². The zero-order valence-corrected chi connectivity index (χ0v) is 14.0. The van der Waals surface area contributed by atoms with Gasteiger partial charge < -0.3 is 15.2 Å². The lowest BCUT2D eigenvalue weighted by Gasteiger charge is -2.32. The Morgan fingerprint density at radius 1 is 1.24 bits per heavy atom. The summed E-state index contributed by atoms with van der Waals surface area (Å²) >= 11 is 6.39. The highest BCUT2D eigenvalue weighted by molar-refractivity contribution is 6.32. The van der Waals surface area contributed by atoms with E-state index < -0.39 is 0 Å². The van der Waals surface area contributed by atoms with Crippen molar-refractivity contribution < 1.29 is 9.47 Å². The molecule has 0 aromatic heterocycles. The molecule has 1 aromatic rings. The largest absolute Gasteiger partial charge is 0.493 e. The Labute approximate surface area is 132 Å². The molecule has 1 aliphatic rings. The summed E-state index contributed by atoms with van der Waals surface area (Å²) in [6, 6.07) is 3.91. The van der Waals surface area contributed by atoms with Gasteiger partial charge in [-0.05, 0) is 61.8 Å². The second kappa shape index (κ2) is 7.37. The van der Waals surface area contributed by atoms with E-state index in [9.17, 15) is 0 Å². The molecule has 2 N–H and O–H groups in total. The summed E-state index contributed by atoms with van der Waals surface area (Å²) < 4.78 is 11.6. The number of nitrogens with two attached hydrogens (primary N) is 1. The summed E-state index contributed by atoms with van der Waals surface area (Å²) in [6.45, 7) is 5.21. The van der Waals surface area contributed by atoms with Crippen LogP contribution in [-0.2, 0) is 6.42 Å². The monoisotopic (exact) mass is 311 g/mol. The number of hydrogen-bond donors (Lipinski definition) is 1. The fourth-order valence-corrected chi connectivity index (χ4v) is 3.25. The first-order chi connectivity index (χ1) is 10.0. The summed E-state index contributed by atoms with van der Waals surface area (Å²) in [4.78, 5) is 0. The van der Waals surface area contributed by atoms with Crippen LogP contribution in [0.1, 0.15) is 38.7 Å². The van der Waals surface area contributed by atoms with Gasteiger partial charge in [-0.15, -0.1) is 0 Å². The third-order valence-corrected chi connectivity index (χ3v) is 4.84. The van der Waals surface area contributed by atoms with Crippen molar-refractivity contribution in [3.8, 4) is 11.5 Å². The average molecular weight is 312 g/mol. The summed E-state index contributed by atoms with van der Waals surface area (Å²) in [5, 5.41) is 0.615. The van der Waals surface area contributed by atoms with Crippen molar-refractivity contribution in [2.24, 2.45) is 17.6 Å². The smallest absolute Gasteiger partial charge is 0.180 e. The minimum atomic E-state index is 0.225. The second-order valence-electron chi connectivity index (χ2n) is 6.16. The SMILES string of the molecule is COc1cc(CCN)cc(Cl)c1OC1CCC(C)C(C)C1. The highest BCUT2D eigenvalue weighted by Gasteiger charge is 2.27. The Kier molecular flexibility index (Phi) is 5.77. The lowest BCUT2D eigenvalue weighted by atomic mass is 9.80. The summed E-state index contributed by atoms with van der Waals surface area (Å²) in [5.74, 6) is 2.84. The summed E-state index contributed by atoms with van der Waals surface area (Å²) in [5.41, 5.74) is 6.68. The van der Waals surface area contributed by atoms with E-state index in [1.807, 2.05) is 12.1 Å². The van der Waals surface area contributed by atoms with E-state index in [-0.39, 0.29) is 6.10 Å². The number of halogens is 1. The molecule has 3 nitrogen and oxygen atoms in total. The zero-order chi connectivity index (χ0) is 15.4. The molecule has 21 heavy (non-hydrogen) atoms. The molecule has 0 aliphatic heterocycles. The quantitative estimate of drug-likeness (QED) is 0.892. The van der Waals surface area contributed by atoms with Crippen LogP contribution in [0.4, 0.5) is 0 Å². The maximum atomic E-state index is 6.39. The number of rotatable bonds is 5. The lowest BCUT2D eigenvalue weighted by Crippen LogP contribution is -2.29. The molecule has 1 saturated carbocycles. The molecule has 0 spiro atoms. The molecule has 1 aromatic carbocycles. The molecule has 0 heterocycles. The molecule has 4 heteroatoms. The van der Waals surface area contributed by atoms with E-state index in [0.717, 1.165) is 30.7 Å². The molecule has 0 bridgehead atoms. The lowest BCUT2D eigenvalue weighted by molar-refractivity contribution is 0.0977. The first kappa shape index (κ1) is 16.4. The van der Waals surface area contributed by atoms with Gasteiger partial charge >= 0.3 is 0 Å². The van der Waals surface area contributed by atoms with Crippen molar-refractivity contribution in [1.82, 2.24) is 0 Å². The number of hydrogen-bond acceptors (Lipinski definition) is 3. The Bertz CT molecular complexity index is 478. The molecule has 0 saturated heterocycles. The van der Waals surface area contributed by atoms with Gasteiger partial charge in [0.1, 0.15) is 0 Å². The van der Waals surface area contributed by atoms with Gasteiger partial charge in [-0.1, -0.05) is 25.4 Å². The molecule has 0 amide bonds. The molecule has 3 atom stereocenters. The predicted octanol–water partition coefficient (Wildman–Crippen LogP) is 4.05. The third kappa shape index (κ3) is 4.04. The van der Waals surface area contributed by atoms with Crippen LogP contribution in [0.3, 0.4) is 0 Å². The number of benzene rings is 1. The number of ether oxygens (including phenoxy) is 2. The number of methoxy groups -OCH3 is 1. The van der Waals surface area contributed by atoms with Crippen LogP contribution in [0.15, 0.2) is 12.1 Å². The molecule has 0 radical (unpaired) electrons. The summed E-state index contributed by atoms with van der Waals surface area (Å²) in [7, 11) is 1.65. The van der Waals surface area contributed by atoms with Crippen molar-refractivity contribution in [1.29, 1.82) is 0 Å². The molecular formula is C17H26ClNO2. The van der Waals surface area contributed by atoms with Crippen LogP contribution in [-0.4, -0.2) is 19.8 Å². The molecule has 3 unspecified atom stereocenters. The van der Waals surface area contributed by atoms with Gasteiger partial charge in [0.05, 0.1) is 18.2 Å². The van der Waals surface area contributed by atoms with Crippen molar-refractivity contribution in [2.45, 2.75) is 45.6 Å². The maximum absolute atomic E-state index is 6.39. The van der Waals surface area contributed by atoms with Gasteiger partial charge in [0.2, 0.25) is 0 Å². The van der Waals surface area contributed by atoms with Gasteiger partial charge in [0.15, 0.2) is 11.5 Å². The minimum absolute atomic E-state index is 0.225. The van der Waals surface area contributed by atoms with Gasteiger partial charge in [-0.3, -0.25) is 0 Å². The summed E-state index contributed by atoms with van der Waals surface area (Å²) in [6.07, 6.45) is 4.37. The van der Waals surface area contributed by atoms with Crippen molar-refractivity contribution in [3.63, 3.8) is 0 Å². The van der Waals surface area contributed by atoms with E-state index >= 15 is 0 Å². The van der Waals surface area contributed by atoms with Crippen LogP contribution < -0.4 is 15.2 Å². The van der Waals surface area contributed by atoms with Crippen LogP contribution >= 0.6 is 11.6 Å². The van der Waals surface area contributed by atoms with Crippen LogP contribution in [0.25, 0.3) is 0 Å². The Balaban J connectivity index is 2.15. The van der Waals surface area contributed by atoms with E-state index in [2.05, 4.69) is 13.8 Å². The zero-order valence-electron chi connectivity index (χ0n) is 13.2. The molecule has 1 aliphatic carbocycles. The highest BCUT2D eigenvalue weighted by Crippen LogP contribution is 2.40. The maximum Gasteiger partial charge on any atom is 0.180 e. The first-order valence-electron chi connectivity index (χ1n) is 7.78. The Morgan fingerprint density at radius 3 is 2.62 bits per heavy atom. The van der Waals surface area contributed by atoms with Crippen LogP contribution in [0, 0.1) is 11.8 Å². The van der Waals surface area contributed by atoms with Gasteiger partial charge in [-0.2, -0.15) is 0 Å². The molecule has 2 rings (SSSR count). The van der Waals surface area contributed by atoms with E-state index in [1.165, 1.54) is 6.42 Å². The predicted molar refractivity (Wildman–Crippen MR) is 87.4 cm³/mol. The standard InChI is InChI=1S/C17H26ClNO2/c1-11-4-5-14(8-12(11)2)21-17-15(18)9-13(6-7-19)10-16(17)20-3/h9-12,14H,4-8,19H2,1-3H3. The Hall–Kier alpha value is -0.930. The molecular weight excluding hydrogens is 286 g/mol. The average Bonchev–Trinajstić information content (AvgIpc) is 2.45. The topological polar surface area (TPSA) is 44.5 Å². The van der Waals surface area contributed by atoms with E-state index in [1.54, 1.807) is 7.11 Å². The van der Waals surface area contributed by atoms with Crippen molar-refractivity contribution in [2.75, 3.05) is 13.7 Å². The first-order valence-corrected chi connectivity index (χ1v) is 8.16. The van der Waals surface area contributed by atoms with Crippen molar-refractivity contribution >= 4 is 11.6 Å². The minimum Gasteiger partial charge on any atom is -0.493 e. The normalized spacial score (nSPS) is 25.7.